The second kappa shape index (κ2) is 6.64. The maximum absolute atomic E-state index is 13.2. The van der Waals surface area contributed by atoms with Crippen LogP contribution in [0.2, 0.25) is 0 Å². The number of piperidine rings is 1. The van der Waals surface area contributed by atoms with Crippen LogP contribution in [0, 0.1) is 0 Å². The molecule has 0 aliphatic carbocycles. The molecule has 1 aliphatic heterocycles. The molecule has 0 radical (unpaired) electrons. The van der Waals surface area contributed by atoms with E-state index in [-0.39, 0.29) is 6.04 Å². The van der Waals surface area contributed by atoms with Crippen molar-refractivity contribution in [3.8, 4) is 5.69 Å². The number of carbonyl (C=O) groups excluding carboxylic acids is 1. The number of hydrogen-bond donors (Lipinski definition) is 2. The number of aromatic nitrogens is 2. The summed E-state index contributed by atoms with van der Waals surface area (Å²) in [5.41, 5.74) is -1.18. The standard InChI is InChI=1S/C16H17F3N4O/c17-16(18,19)14-13(15(24)21-11-5-4-8-20-9-11)10-23(22-14)12-6-2-1-3-7-12/h1-3,6-7,10-11,20H,4-5,8-9H2,(H,21,24). The van der Waals surface area contributed by atoms with E-state index >= 15 is 0 Å². The number of halogens is 3. The molecule has 24 heavy (non-hydrogen) atoms. The Bertz CT molecular complexity index is 706. The van der Waals surface area contributed by atoms with E-state index in [4.69, 9.17) is 0 Å². The summed E-state index contributed by atoms with van der Waals surface area (Å²) in [6, 6.07) is 8.21. The van der Waals surface area contributed by atoms with Gasteiger partial charge >= 0.3 is 6.18 Å². The maximum atomic E-state index is 13.2. The minimum Gasteiger partial charge on any atom is -0.348 e. The van der Waals surface area contributed by atoms with Gasteiger partial charge in [0.1, 0.15) is 0 Å². The zero-order valence-electron chi connectivity index (χ0n) is 12.8. The number of nitrogens with zero attached hydrogens (tertiary/aromatic N) is 2. The third-order valence-corrected chi connectivity index (χ3v) is 3.88. The van der Waals surface area contributed by atoms with Crippen molar-refractivity contribution in [2.24, 2.45) is 0 Å². The van der Waals surface area contributed by atoms with Gasteiger partial charge in [-0.2, -0.15) is 18.3 Å². The fraction of sp³-hybridized carbons (Fsp3) is 0.375. The van der Waals surface area contributed by atoms with Crippen LogP contribution in [0.1, 0.15) is 28.9 Å². The highest BCUT2D eigenvalue weighted by Gasteiger charge is 2.39. The van der Waals surface area contributed by atoms with Gasteiger partial charge < -0.3 is 10.6 Å². The lowest BCUT2D eigenvalue weighted by Gasteiger charge is -2.23. The van der Waals surface area contributed by atoms with E-state index in [1.54, 1.807) is 30.3 Å². The van der Waals surface area contributed by atoms with Crippen molar-refractivity contribution in [1.29, 1.82) is 0 Å². The first-order chi connectivity index (χ1) is 11.4. The van der Waals surface area contributed by atoms with Crippen molar-refractivity contribution in [2.45, 2.75) is 25.1 Å². The first-order valence-corrected chi connectivity index (χ1v) is 7.69. The summed E-state index contributed by atoms with van der Waals surface area (Å²) in [6.07, 6.45) is -1.95. The van der Waals surface area contributed by atoms with Crippen LogP contribution >= 0.6 is 0 Å². The van der Waals surface area contributed by atoms with E-state index in [2.05, 4.69) is 15.7 Å². The predicted octanol–water partition coefficient (Wildman–Crippen LogP) is 2.37. The van der Waals surface area contributed by atoms with Crippen LogP contribution in [0.5, 0.6) is 0 Å². The fourth-order valence-corrected chi connectivity index (χ4v) is 2.70. The Kier molecular flexibility index (Phi) is 4.57. The van der Waals surface area contributed by atoms with Gasteiger partial charge in [0.25, 0.3) is 5.91 Å². The first kappa shape index (κ1) is 16.5. The molecule has 1 aromatic carbocycles. The van der Waals surface area contributed by atoms with Crippen molar-refractivity contribution in [2.75, 3.05) is 13.1 Å². The summed E-state index contributed by atoms with van der Waals surface area (Å²) in [7, 11) is 0. The number of alkyl halides is 3. The van der Waals surface area contributed by atoms with Gasteiger partial charge in [0.15, 0.2) is 5.69 Å². The number of amides is 1. The molecule has 1 fully saturated rings. The lowest BCUT2D eigenvalue weighted by Crippen LogP contribution is -2.45. The fourth-order valence-electron chi connectivity index (χ4n) is 2.70. The van der Waals surface area contributed by atoms with Gasteiger partial charge in [0.2, 0.25) is 0 Å². The van der Waals surface area contributed by atoms with Crippen LogP contribution in [0.3, 0.4) is 0 Å². The summed E-state index contributed by atoms with van der Waals surface area (Å²) in [6.45, 7) is 1.41. The molecule has 2 aromatic rings. The largest absolute Gasteiger partial charge is 0.435 e. The topological polar surface area (TPSA) is 59.0 Å². The highest BCUT2D eigenvalue weighted by atomic mass is 19.4. The van der Waals surface area contributed by atoms with Crippen molar-refractivity contribution in [3.63, 3.8) is 0 Å². The predicted molar refractivity (Wildman–Crippen MR) is 81.9 cm³/mol. The zero-order chi connectivity index (χ0) is 17.2. The normalized spacial score (nSPS) is 18.4. The maximum Gasteiger partial charge on any atom is 0.435 e. The van der Waals surface area contributed by atoms with Crippen LogP contribution in [0.4, 0.5) is 13.2 Å². The third-order valence-electron chi connectivity index (χ3n) is 3.88. The molecule has 0 bridgehead atoms. The Hall–Kier alpha value is -2.35. The highest BCUT2D eigenvalue weighted by Crippen LogP contribution is 2.31. The molecule has 1 atom stereocenters. The van der Waals surface area contributed by atoms with Gasteiger partial charge in [0, 0.05) is 18.8 Å². The number of benzene rings is 1. The molecular weight excluding hydrogens is 321 g/mol. The lowest BCUT2D eigenvalue weighted by atomic mass is 10.1. The molecule has 8 heteroatoms. The van der Waals surface area contributed by atoms with Crippen LogP contribution in [-0.4, -0.2) is 34.8 Å². The molecule has 1 unspecified atom stereocenters. The van der Waals surface area contributed by atoms with Crippen LogP contribution < -0.4 is 10.6 Å². The molecule has 1 aliphatic rings. The molecule has 1 amide bonds. The lowest BCUT2D eigenvalue weighted by molar-refractivity contribution is -0.141. The number of carbonyl (C=O) groups is 1. The minimum atomic E-state index is -4.70. The Balaban J connectivity index is 1.90. The second-order valence-corrected chi connectivity index (χ2v) is 5.69. The number of nitrogens with one attached hydrogen (secondary N) is 2. The molecule has 5 nitrogen and oxygen atoms in total. The van der Waals surface area contributed by atoms with E-state index in [1.807, 2.05) is 0 Å². The minimum absolute atomic E-state index is 0.174. The Labute approximate surface area is 136 Å². The summed E-state index contributed by atoms with van der Waals surface area (Å²) in [5.74, 6) is -0.752. The van der Waals surface area contributed by atoms with Gasteiger partial charge in [0.05, 0.1) is 11.3 Å². The SMILES string of the molecule is O=C(NC1CCCNC1)c1cn(-c2ccccc2)nc1C(F)(F)F. The summed E-state index contributed by atoms with van der Waals surface area (Å²) in [4.78, 5) is 12.3. The molecule has 128 valence electrons. The van der Waals surface area contributed by atoms with E-state index in [9.17, 15) is 18.0 Å². The molecule has 0 spiro atoms. The van der Waals surface area contributed by atoms with Gasteiger partial charge in [-0.05, 0) is 31.5 Å². The van der Waals surface area contributed by atoms with Crippen LogP contribution in [-0.2, 0) is 6.18 Å². The summed E-state index contributed by atoms with van der Waals surface area (Å²) >= 11 is 0. The molecule has 2 N–H and O–H groups in total. The zero-order valence-corrected chi connectivity index (χ0v) is 12.8. The average Bonchev–Trinajstić information content (AvgIpc) is 3.02. The van der Waals surface area contributed by atoms with Gasteiger partial charge in [-0.15, -0.1) is 0 Å². The van der Waals surface area contributed by atoms with Crippen molar-refractivity contribution in [1.82, 2.24) is 20.4 Å². The Morgan fingerprint density at radius 1 is 1.29 bits per heavy atom. The molecule has 0 saturated carbocycles. The number of para-hydroxylation sites is 1. The highest BCUT2D eigenvalue weighted by molar-refractivity contribution is 5.95. The Morgan fingerprint density at radius 3 is 2.67 bits per heavy atom. The van der Waals surface area contributed by atoms with Gasteiger partial charge in [-0.1, -0.05) is 18.2 Å². The number of hydrogen-bond acceptors (Lipinski definition) is 3. The van der Waals surface area contributed by atoms with E-state index < -0.39 is 23.3 Å². The third kappa shape index (κ3) is 3.59. The monoisotopic (exact) mass is 338 g/mol. The Morgan fingerprint density at radius 2 is 2.04 bits per heavy atom. The van der Waals surface area contributed by atoms with Crippen LogP contribution in [0.25, 0.3) is 5.69 Å². The van der Waals surface area contributed by atoms with Crippen molar-refractivity contribution in [3.05, 3.63) is 47.8 Å². The summed E-state index contributed by atoms with van der Waals surface area (Å²) in [5, 5.41) is 9.35. The van der Waals surface area contributed by atoms with E-state index in [0.717, 1.165) is 30.3 Å². The molecule has 1 saturated heterocycles. The first-order valence-electron chi connectivity index (χ1n) is 7.69. The summed E-state index contributed by atoms with van der Waals surface area (Å²) < 4.78 is 40.8. The average molecular weight is 338 g/mol. The quantitative estimate of drug-likeness (QED) is 0.903. The number of rotatable bonds is 3. The van der Waals surface area contributed by atoms with E-state index in [0.29, 0.717) is 12.2 Å². The molecule has 3 rings (SSSR count). The molecule has 1 aromatic heterocycles. The van der Waals surface area contributed by atoms with Gasteiger partial charge in [-0.3, -0.25) is 4.79 Å². The van der Waals surface area contributed by atoms with E-state index in [1.165, 1.54) is 0 Å². The second-order valence-electron chi connectivity index (χ2n) is 5.69. The molecular formula is C16H17F3N4O. The smallest absolute Gasteiger partial charge is 0.348 e. The van der Waals surface area contributed by atoms with Crippen molar-refractivity contribution >= 4 is 5.91 Å². The van der Waals surface area contributed by atoms with Crippen LogP contribution in [0.15, 0.2) is 36.5 Å². The van der Waals surface area contributed by atoms with Crippen molar-refractivity contribution < 1.29 is 18.0 Å². The van der Waals surface area contributed by atoms with Gasteiger partial charge in [-0.25, -0.2) is 4.68 Å². The molecule has 2 heterocycles.